The van der Waals surface area contributed by atoms with E-state index in [1.807, 2.05) is 0 Å². The van der Waals surface area contributed by atoms with Crippen molar-refractivity contribution in [3.63, 3.8) is 0 Å². The van der Waals surface area contributed by atoms with Gasteiger partial charge in [-0.2, -0.15) is 0 Å². The molecule has 1 aromatic rings. The average Bonchev–Trinajstić information content (AvgIpc) is 2.84. The van der Waals surface area contributed by atoms with Crippen LogP contribution in [0.4, 0.5) is 0 Å². The van der Waals surface area contributed by atoms with Crippen LogP contribution in [0, 0.1) is 0 Å². The van der Waals surface area contributed by atoms with Crippen LogP contribution in [0.1, 0.15) is 16.8 Å². The van der Waals surface area contributed by atoms with Crippen LogP contribution in [-0.2, 0) is 14.8 Å². The first-order valence-electron chi connectivity index (χ1n) is 6.14. The first kappa shape index (κ1) is 16.2. The number of carboxylic acids is 1. The van der Waals surface area contributed by atoms with Crippen LogP contribution in [0.15, 0.2) is 40.2 Å². The van der Waals surface area contributed by atoms with Gasteiger partial charge in [0, 0.05) is 11.1 Å². The van der Waals surface area contributed by atoms with Crippen molar-refractivity contribution in [2.75, 3.05) is 6.61 Å². The van der Waals surface area contributed by atoms with E-state index in [0.717, 1.165) is 0 Å². The highest BCUT2D eigenvalue weighted by atomic mass is 79.9. The lowest BCUT2D eigenvalue weighted by Crippen LogP contribution is -2.39. The van der Waals surface area contributed by atoms with Gasteiger partial charge in [0.05, 0.1) is 22.6 Å². The van der Waals surface area contributed by atoms with Gasteiger partial charge in [-0.25, -0.2) is 17.9 Å². The van der Waals surface area contributed by atoms with Crippen molar-refractivity contribution in [3.05, 3.63) is 40.9 Å². The zero-order valence-corrected chi connectivity index (χ0v) is 13.4. The molecule has 8 heteroatoms. The number of hydrogen-bond acceptors (Lipinski definition) is 4. The van der Waals surface area contributed by atoms with Crippen LogP contribution in [0.5, 0.6) is 0 Å². The summed E-state index contributed by atoms with van der Waals surface area (Å²) in [6.07, 6.45) is 1.76. The summed E-state index contributed by atoms with van der Waals surface area (Å²) in [5.74, 6) is -1.13. The summed E-state index contributed by atoms with van der Waals surface area (Å²) in [5.41, 5.74) is 0.00196. The number of ether oxygens (including phenoxy) is 1. The second-order valence-electron chi connectivity index (χ2n) is 4.53. The Kier molecular flexibility index (Phi) is 4.82. The van der Waals surface area contributed by atoms with E-state index in [0.29, 0.717) is 13.0 Å². The number of carboxylic acid groups (broad SMARTS) is 1. The lowest BCUT2D eigenvalue weighted by molar-refractivity contribution is 0.0695. The molecule has 6 nitrogen and oxygen atoms in total. The molecule has 1 fully saturated rings. The first-order chi connectivity index (χ1) is 9.85. The molecule has 0 unspecified atom stereocenters. The van der Waals surface area contributed by atoms with Crippen LogP contribution in [0.3, 0.4) is 0 Å². The topological polar surface area (TPSA) is 92.7 Å². The van der Waals surface area contributed by atoms with Crippen LogP contribution < -0.4 is 4.72 Å². The van der Waals surface area contributed by atoms with Crippen LogP contribution >= 0.6 is 15.9 Å². The summed E-state index contributed by atoms with van der Waals surface area (Å²) in [4.78, 5) is 10.9. The fourth-order valence-corrected chi connectivity index (χ4v) is 4.08. The number of benzene rings is 1. The smallest absolute Gasteiger partial charge is 0.336 e. The Balaban J connectivity index is 2.25. The Hall–Kier alpha value is -1.22. The van der Waals surface area contributed by atoms with Crippen LogP contribution in [-0.4, -0.2) is 38.2 Å². The molecule has 114 valence electrons. The lowest BCUT2D eigenvalue weighted by Gasteiger charge is -2.17. The average molecular weight is 376 g/mol. The maximum Gasteiger partial charge on any atom is 0.336 e. The maximum absolute atomic E-state index is 12.3. The molecule has 0 spiro atoms. The number of sulfonamides is 1. The molecule has 0 aromatic heterocycles. The number of aromatic carboxylic acids is 1. The van der Waals surface area contributed by atoms with Gasteiger partial charge in [0.2, 0.25) is 10.0 Å². The molecule has 2 N–H and O–H groups in total. The fraction of sp³-hybridized carbons (Fsp3) is 0.308. The molecule has 0 saturated carbocycles. The number of rotatable bonds is 5. The Morgan fingerprint density at radius 3 is 2.81 bits per heavy atom. The van der Waals surface area contributed by atoms with E-state index in [9.17, 15) is 13.2 Å². The minimum absolute atomic E-state index is 0.00196. The Labute approximate surface area is 131 Å². The molecule has 2 rings (SSSR count). The zero-order chi connectivity index (χ0) is 15.6. The largest absolute Gasteiger partial charge is 0.478 e. The summed E-state index contributed by atoms with van der Waals surface area (Å²) in [6.45, 7) is 4.07. The quantitative estimate of drug-likeness (QED) is 0.765. The van der Waals surface area contributed by atoms with E-state index in [1.54, 1.807) is 6.08 Å². The molecule has 1 aliphatic rings. The molecule has 1 heterocycles. The van der Waals surface area contributed by atoms with Gasteiger partial charge >= 0.3 is 5.97 Å². The molecule has 1 aromatic carbocycles. The minimum Gasteiger partial charge on any atom is -0.478 e. The first-order valence-corrected chi connectivity index (χ1v) is 8.42. The monoisotopic (exact) mass is 375 g/mol. The molecule has 0 bridgehead atoms. The van der Waals surface area contributed by atoms with Crippen molar-refractivity contribution in [2.24, 2.45) is 0 Å². The van der Waals surface area contributed by atoms with Gasteiger partial charge in [-0.3, -0.25) is 0 Å². The van der Waals surface area contributed by atoms with E-state index >= 15 is 0 Å². The summed E-state index contributed by atoms with van der Waals surface area (Å²) in [6, 6.07) is 3.40. The highest BCUT2D eigenvalue weighted by Crippen LogP contribution is 2.23. The highest BCUT2D eigenvalue weighted by Gasteiger charge is 2.30. The van der Waals surface area contributed by atoms with Crippen LogP contribution in [0.25, 0.3) is 0 Å². The summed E-state index contributed by atoms with van der Waals surface area (Å²) in [5, 5.41) is 8.93. The van der Waals surface area contributed by atoms with Gasteiger partial charge in [-0.15, -0.1) is 6.58 Å². The molecule has 0 amide bonds. The van der Waals surface area contributed by atoms with Gasteiger partial charge in [0.1, 0.15) is 0 Å². The van der Waals surface area contributed by atoms with E-state index in [1.165, 1.54) is 18.2 Å². The molecule has 2 atom stereocenters. The summed E-state index contributed by atoms with van der Waals surface area (Å²) < 4.78 is 32.7. The SMILES string of the molecule is C=C[C@@H]1OCC[C@H]1NS(=O)(=O)c1ccc(C(=O)O)c(Br)c1. The van der Waals surface area contributed by atoms with Crippen molar-refractivity contribution in [3.8, 4) is 0 Å². The number of halogens is 1. The van der Waals surface area contributed by atoms with Gasteiger partial charge in [0.25, 0.3) is 0 Å². The Morgan fingerprint density at radius 2 is 2.24 bits per heavy atom. The molecule has 0 aliphatic carbocycles. The van der Waals surface area contributed by atoms with Gasteiger partial charge < -0.3 is 9.84 Å². The Bertz CT molecular complexity index is 673. The van der Waals surface area contributed by atoms with Crippen molar-refractivity contribution in [1.82, 2.24) is 4.72 Å². The van der Waals surface area contributed by atoms with Gasteiger partial charge in [0.15, 0.2) is 0 Å². The standard InChI is InChI=1S/C13H14BrNO5S/c1-2-12-11(5-6-20-12)15-21(18,19)8-3-4-9(13(16)17)10(14)7-8/h2-4,7,11-12,15H,1,5-6H2,(H,16,17)/t11-,12+/m1/s1. The normalized spacial score (nSPS) is 22.1. The fourth-order valence-electron chi connectivity index (χ4n) is 2.07. The number of carbonyl (C=O) groups is 1. The zero-order valence-electron chi connectivity index (χ0n) is 11.0. The highest BCUT2D eigenvalue weighted by molar-refractivity contribution is 9.10. The Morgan fingerprint density at radius 1 is 1.52 bits per heavy atom. The molecular weight excluding hydrogens is 362 g/mol. The van der Waals surface area contributed by atoms with E-state index in [-0.39, 0.29) is 27.1 Å². The van der Waals surface area contributed by atoms with Crippen LogP contribution in [0.2, 0.25) is 0 Å². The third kappa shape index (κ3) is 3.52. The maximum atomic E-state index is 12.3. The predicted octanol–water partition coefficient (Wildman–Crippen LogP) is 1.77. The molecule has 1 saturated heterocycles. The third-order valence-corrected chi connectivity index (χ3v) is 5.30. The summed E-state index contributed by atoms with van der Waals surface area (Å²) in [7, 11) is -3.75. The van der Waals surface area contributed by atoms with Crippen molar-refractivity contribution >= 4 is 31.9 Å². The lowest BCUT2D eigenvalue weighted by atomic mass is 10.1. The number of nitrogens with one attached hydrogen (secondary N) is 1. The number of hydrogen-bond donors (Lipinski definition) is 2. The van der Waals surface area contributed by atoms with E-state index < -0.39 is 16.0 Å². The van der Waals surface area contributed by atoms with Crippen molar-refractivity contribution in [1.29, 1.82) is 0 Å². The van der Waals surface area contributed by atoms with Crippen molar-refractivity contribution < 1.29 is 23.1 Å². The molecule has 0 radical (unpaired) electrons. The van der Waals surface area contributed by atoms with E-state index in [4.69, 9.17) is 9.84 Å². The molecule has 1 aliphatic heterocycles. The minimum atomic E-state index is -3.75. The molecule has 21 heavy (non-hydrogen) atoms. The molecular formula is C13H14BrNO5S. The van der Waals surface area contributed by atoms with Gasteiger partial charge in [-0.1, -0.05) is 6.08 Å². The predicted molar refractivity (Wildman–Crippen MR) is 79.8 cm³/mol. The summed E-state index contributed by atoms with van der Waals surface area (Å²) >= 11 is 3.06. The third-order valence-electron chi connectivity index (χ3n) is 3.16. The van der Waals surface area contributed by atoms with E-state index in [2.05, 4.69) is 27.2 Å². The van der Waals surface area contributed by atoms with Crippen molar-refractivity contribution in [2.45, 2.75) is 23.5 Å². The second-order valence-corrected chi connectivity index (χ2v) is 7.10. The second kappa shape index (κ2) is 6.27. The van der Waals surface area contributed by atoms with Gasteiger partial charge in [-0.05, 0) is 40.5 Å².